The summed E-state index contributed by atoms with van der Waals surface area (Å²) in [4.78, 5) is 8.95. The van der Waals surface area contributed by atoms with E-state index in [1.165, 1.54) is 6.42 Å². The van der Waals surface area contributed by atoms with E-state index in [2.05, 4.69) is 39.7 Å². The Morgan fingerprint density at radius 1 is 1.28 bits per heavy atom. The van der Waals surface area contributed by atoms with Crippen LogP contribution < -0.4 is 5.73 Å². The highest BCUT2D eigenvalue weighted by molar-refractivity contribution is 9.10. The molecule has 0 atom stereocenters. The summed E-state index contributed by atoms with van der Waals surface area (Å²) in [7, 11) is 0. The van der Waals surface area contributed by atoms with Gasteiger partial charge in [-0.1, -0.05) is 36.2 Å². The van der Waals surface area contributed by atoms with Gasteiger partial charge in [-0.05, 0) is 30.5 Å². The Hall–Kier alpha value is -1.16. The molecule has 18 heavy (non-hydrogen) atoms. The first-order valence-electron chi connectivity index (χ1n) is 6.28. The molecule has 2 N–H and O–H groups in total. The van der Waals surface area contributed by atoms with Crippen LogP contribution in [0.4, 0.5) is 5.82 Å². The molecule has 2 rings (SSSR count). The molecule has 1 heterocycles. The molecule has 0 fully saturated rings. The van der Waals surface area contributed by atoms with Crippen LogP contribution in [0, 0.1) is 5.92 Å². The van der Waals surface area contributed by atoms with Crippen LogP contribution in [0.3, 0.4) is 0 Å². The van der Waals surface area contributed by atoms with E-state index in [-0.39, 0.29) is 0 Å². The number of anilines is 1. The largest absolute Gasteiger partial charge is 0.383 e. The van der Waals surface area contributed by atoms with Crippen LogP contribution in [0.2, 0.25) is 0 Å². The molecule has 0 saturated heterocycles. The van der Waals surface area contributed by atoms with Crippen molar-refractivity contribution in [2.75, 3.05) is 5.73 Å². The lowest BCUT2D eigenvalue weighted by atomic mass is 10.1. The molecule has 0 aliphatic rings. The van der Waals surface area contributed by atoms with E-state index in [9.17, 15) is 0 Å². The number of fused-ring (bicyclic) bond motifs is 1. The number of hydrogen-bond donors (Lipinski definition) is 1. The standard InChI is InChI=1S/C14H18BrN3/c1-9(2)4-3-5-13-17-12-7-6-10(15)8-11(12)14(16)18-13/h6-9H,3-5H2,1-2H3,(H2,16,17,18). The van der Waals surface area contributed by atoms with Gasteiger partial charge in [0.25, 0.3) is 0 Å². The van der Waals surface area contributed by atoms with Crippen LogP contribution in [0.15, 0.2) is 22.7 Å². The molecule has 96 valence electrons. The zero-order valence-corrected chi connectivity index (χ0v) is 12.4. The van der Waals surface area contributed by atoms with Crippen molar-refractivity contribution < 1.29 is 0 Å². The van der Waals surface area contributed by atoms with Gasteiger partial charge in [-0.15, -0.1) is 0 Å². The van der Waals surface area contributed by atoms with Crippen molar-refractivity contribution in [3.05, 3.63) is 28.5 Å². The van der Waals surface area contributed by atoms with E-state index in [1.807, 2.05) is 18.2 Å². The highest BCUT2D eigenvalue weighted by atomic mass is 79.9. The molecule has 0 aliphatic carbocycles. The lowest BCUT2D eigenvalue weighted by Crippen LogP contribution is -2.02. The molecule has 0 spiro atoms. The first kappa shape index (κ1) is 13.3. The number of nitrogens with zero attached hydrogens (tertiary/aromatic N) is 2. The van der Waals surface area contributed by atoms with Crippen LogP contribution in [0.1, 0.15) is 32.5 Å². The lowest BCUT2D eigenvalue weighted by molar-refractivity contribution is 0.550. The van der Waals surface area contributed by atoms with Crippen molar-refractivity contribution in [1.82, 2.24) is 9.97 Å². The second kappa shape index (κ2) is 5.65. The van der Waals surface area contributed by atoms with E-state index >= 15 is 0 Å². The average molecular weight is 308 g/mol. The highest BCUT2D eigenvalue weighted by Crippen LogP contribution is 2.22. The van der Waals surface area contributed by atoms with Gasteiger partial charge >= 0.3 is 0 Å². The minimum Gasteiger partial charge on any atom is -0.383 e. The molecule has 0 aliphatic heterocycles. The summed E-state index contributed by atoms with van der Waals surface area (Å²) in [6.45, 7) is 4.46. The van der Waals surface area contributed by atoms with Gasteiger partial charge in [-0.25, -0.2) is 9.97 Å². The minimum atomic E-state index is 0.570. The van der Waals surface area contributed by atoms with E-state index in [4.69, 9.17) is 5.73 Å². The predicted octanol–water partition coefficient (Wildman–Crippen LogP) is 3.95. The Morgan fingerprint density at radius 3 is 2.78 bits per heavy atom. The van der Waals surface area contributed by atoms with Gasteiger partial charge in [0, 0.05) is 16.3 Å². The number of nitrogen functional groups attached to an aromatic ring is 1. The number of aromatic nitrogens is 2. The smallest absolute Gasteiger partial charge is 0.135 e. The van der Waals surface area contributed by atoms with E-state index < -0.39 is 0 Å². The fourth-order valence-corrected chi connectivity index (χ4v) is 2.32. The Balaban J connectivity index is 2.23. The van der Waals surface area contributed by atoms with Gasteiger partial charge in [0.1, 0.15) is 11.6 Å². The topological polar surface area (TPSA) is 51.8 Å². The van der Waals surface area contributed by atoms with Crippen LogP contribution >= 0.6 is 15.9 Å². The van der Waals surface area contributed by atoms with Gasteiger partial charge in [-0.3, -0.25) is 0 Å². The summed E-state index contributed by atoms with van der Waals surface area (Å²) in [5.74, 6) is 2.14. The lowest BCUT2D eigenvalue weighted by Gasteiger charge is -2.07. The first-order valence-corrected chi connectivity index (χ1v) is 7.07. The van der Waals surface area contributed by atoms with Crippen LogP contribution in [0.5, 0.6) is 0 Å². The maximum atomic E-state index is 5.99. The number of benzene rings is 1. The first-order chi connectivity index (χ1) is 8.56. The Morgan fingerprint density at radius 2 is 2.06 bits per heavy atom. The maximum Gasteiger partial charge on any atom is 0.135 e. The van der Waals surface area contributed by atoms with Crippen molar-refractivity contribution in [3.63, 3.8) is 0 Å². The molecule has 2 aromatic rings. The molecule has 1 aromatic carbocycles. The summed E-state index contributed by atoms with van der Waals surface area (Å²) >= 11 is 3.43. The number of halogens is 1. The van der Waals surface area contributed by atoms with Gasteiger partial charge in [0.2, 0.25) is 0 Å². The molecule has 4 heteroatoms. The monoisotopic (exact) mass is 307 g/mol. The summed E-state index contributed by atoms with van der Waals surface area (Å²) in [6, 6.07) is 5.92. The average Bonchev–Trinajstić information content (AvgIpc) is 2.30. The third-order valence-electron chi connectivity index (χ3n) is 2.92. The van der Waals surface area contributed by atoms with Crippen molar-refractivity contribution in [3.8, 4) is 0 Å². The fourth-order valence-electron chi connectivity index (χ4n) is 1.95. The second-order valence-corrected chi connectivity index (χ2v) is 5.89. The summed E-state index contributed by atoms with van der Waals surface area (Å²) in [6.07, 6.45) is 3.20. The Labute approximate surface area is 116 Å². The molecule has 1 aromatic heterocycles. The summed E-state index contributed by atoms with van der Waals surface area (Å²) in [5, 5.41) is 0.914. The molecule has 3 nitrogen and oxygen atoms in total. The van der Waals surface area contributed by atoms with Crippen molar-refractivity contribution >= 4 is 32.7 Å². The van der Waals surface area contributed by atoms with Gasteiger partial charge < -0.3 is 5.73 Å². The molecular formula is C14H18BrN3. The number of hydrogen-bond acceptors (Lipinski definition) is 3. The van der Waals surface area contributed by atoms with E-state index in [1.54, 1.807) is 0 Å². The Kier molecular flexibility index (Phi) is 4.17. The highest BCUT2D eigenvalue weighted by Gasteiger charge is 2.06. The maximum absolute atomic E-state index is 5.99. The van der Waals surface area contributed by atoms with Crippen molar-refractivity contribution in [2.45, 2.75) is 33.1 Å². The molecule has 0 amide bonds. The zero-order chi connectivity index (χ0) is 13.1. The van der Waals surface area contributed by atoms with Crippen LogP contribution in [-0.2, 0) is 6.42 Å². The third kappa shape index (κ3) is 3.19. The molecule has 0 radical (unpaired) electrons. The molecule has 0 bridgehead atoms. The third-order valence-corrected chi connectivity index (χ3v) is 3.41. The van der Waals surface area contributed by atoms with Crippen LogP contribution in [0.25, 0.3) is 10.9 Å². The predicted molar refractivity (Wildman–Crippen MR) is 79.4 cm³/mol. The second-order valence-electron chi connectivity index (χ2n) is 4.97. The van der Waals surface area contributed by atoms with Gasteiger partial charge in [0.15, 0.2) is 0 Å². The number of aryl methyl sites for hydroxylation is 1. The molecule has 0 saturated carbocycles. The summed E-state index contributed by atoms with van der Waals surface area (Å²) in [5.41, 5.74) is 6.91. The van der Waals surface area contributed by atoms with Crippen LogP contribution in [-0.4, -0.2) is 9.97 Å². The minimum absolute atomic E-state index is 0.570. The number of nitrogens with two attached hydrogens (primary N) is 1. The quantitative estimate of drug-likeness (QED) is 0.930. The van der Waals surface area contributed by atoms with Crippen molar-refractivity contribution in [2.24, 2.45) is 5.92 Å². The van der Waals surface area contributed by atoms with Gasteiger partial charge in [0.05, 0.1) is 5.52 Å². The van der Waals surface area contributed by atoms with E-state index in [0.29, 0.717) is 5.82 Å². The fraction of sp³-hybridized carbons (Fsp3) is 0.429. The number of rotatable bonds is 4. The van der Waals surface area contributed by atoms with Crippen molar-refractivity contribution in [1.29, 1.82) is 0 Å². The normalized spacial score (nSPS) is 11.3. The van der Waals surface area contributed by atoms with Gasteiger partial charge in [-0.2, -0.15) is 0 Å². The Bertz CT molecular complexity index is 552. The summed E-state index contributed by atoms with van der Waals surface area (Å²) < 4.78 is 0.998. The van der Waals surface area contributed by atoms with E-state index in [0.717, 1.165) is 40.0 Å². The SMILES string of the molecule is CC(C)CCCc1nc(N)c2cc(Br)ccc2n1. The zero-order valence-electron chi connectivity index (χ0n) is 10.8. The molecular weight excluding hydrogens is 290 g/mol. The molecule has 0 unspecified atom stereocenters.